The summed E-state index contributed by atoms with van der Waals surface area (Å²) in [6, 6.07) is 9.02. The summed E-state index contributed by atoms with van der Waals surface area (Å²) in [6.45, 7) is 1.72. The maximum atomic E-state index is 11.8. The van der Waals surface area contributed by atoms with Gasteiger partial charge in [0, 0.05) is 15.6 Å². The Hall–Kier alpha value is -1.84. The second-order valence-electron chi connectivity index (χ2n) is 3.02. The predicted octanol–water partition coefficient (Wildman–Crippen LogP) is 2.82. The van der Waals surface area contributed by atoms with Crippen LogP contribution in [0, 0.1) is 6.92 Å². The van der Waals surface area contributed by atoms with Gasteiger partial charge in [0.05, 0.1) is 5.52 Å². The molecule has 3 nitrogen and oxygen atoms in total. The Morgan fingerprint density at radius 1 is 1.43 bits per heavy atom. The molecule has 1 heterocycles. The van der Waals surface area contributed by atoms with E-state index in [1.54, 1.807) is 25.1 Å². The first-order valence-electron chi connectivity index (χ1n) is 4.14. The lowest BCUT2D eigenvalue weighted by Crippen LogP contribution is -2.10. The van der Waals surface area contributed by atoms with Crippen molar-refractivity contribution < 1.29 is 14.3 Å². The Kier molecular flexibility index (Phi) is 1.96. The Bertz CT molecular complexity index is 490. The largest absolute Gasteiger partial charge is 0.455 e. The standard InChI is InChI=1S/C10H8FNO2/c1-7-6-8-4-2-3-5-9(8)12(7)10(13)14-11/h2-6H,1H3. The zero-order valence-corrected chi connectivity index (χ0v) is 7.53. The molecule has 0 saturated heterocycles. The number of hydrogen-bond donors (Lipinski definition) is 0. The van der Waals surface area contributed by atoms with Gasteiger partial charge in [0.25, 0.3) is 0 Å². The van der Waals surface area contributed by atoms with Gasteiger partial charge in [-0.05, 0) is 19.1 Å². The predicted molar refractivity (Wildman–Crippen MR) is 49.7 cm³/mol. The number of fused-ring (bicyclic) bond motifs is 1. The highest BCUT2D eigenvalue weighted by molar-refractivity contribution is 5.90. The first-order valence-corrected chi connectivity index (χ1v) is 4.14. The van der Waals surface area contributed by atoms with Crippen molar-refractivity contribution in [2.45, 2.75) is 6.92 Å². The van der Waals surface area contributed by atoms with E-state index in [0.717, 1.165) is 5.39 Å². The maximum absolute atomic E-state index is 11.8. The molecule has 0 bridgehead atoms. The first-order chi connectivity index (χ1) is 6.74. The van der Waals surface area contributed by atoms with Crippen LogP contribution in [0.5, 0.6) is 0 Å². The van der Waals surface area contributed by atoms with Crippen LogP contribution in [0.4, 0.5) is 9.32 Å². The average Bonchev–Trinajstić information content (AvgIpc) is 2.53. The first kappa shape index (κ1) is 8.74. The van der Waals surface area contributed by atoms with Crippen LogP contribution in [-0.4, -0.2) is 10.7 Å². The van der Waals surface area contributed by atoms with Crippen molar-refractivity contribution in [3.8, 4) is 0 Å². The van der Waals surface area contributed by atoms with Crippen molar-refractivity contribution >= 4 is 17.0 Å². The van der Waals surface area contributed by atoms with Gasteiger partial charge in [-0.2, -0.15) is 0 Å². The molecule has 0 saturated carbocycles. The van der Waals surface area contributed by atoms with Gasteiger partial charge in [0.2, 0.25) is 0 Å². The molecule has 0 unspecified atom stereocenters. The van der Waals surface area contributed by atoms with Gasteiger partial charge in [0.15, 0.2) is 0 Å². The van der Waals surface area contributed by atoms with Gasteiger partial charge in [0.1, 0.15) is 0 Å². The quantitative estimate of drug-likeness (QED) is 0.644. The number of aryl methyl sites for hydroxylation is 1. The Morgan fingerprint density at radius 3 is 2.86 bits per heavy atom. The van der Waals surface area contributed by atoms with Crippen LogP contribution in [0.2, 0.25) is 0 Å². The molecule has 1 aromatic heterocycles. The van der Waals surface area contributed by atoms with Crippen molar-refractivity contribution in [2.24, 2.45) is 0 Å². The van der Waals surface area contributed by atoms with Crippen LogP contribution in [0.15, 0.2) is 30.3 Å². The van der Waals surface area contributed by atoms with E-state index in [2.05, 4.69) is 4.94 Å². The summed E-state index contributed by atoms with van der Waals surface area (Å²) in [7, 11) is 0. The lowest BCUT2D eigenvalue weighted by atomic mass is 10.2. The van der Waals surface area contributed by atoms with E-state index in [1.807, 2.05) is 12.1 Å². The molecule has 72 valence electrons. The van der Waals surface area contributed by atoms with Crippen LogP contribution in [0.25, 0.3) is 10.9 Å². The van der Waals surface area contributed by atoms with Crippen molar-refractivity contribution in [1.82, 2.24) is 4.57 Å². The summed E-state index contributed by atoms with van der Waals surface area (Å²) in [6.07, 6.45) is -1.01. The Morgan fingerprint density at radius 2 is 2.14 bits per heavy atom. The summed E-state index contributed by atoms with van der Waals surface area (Å²) in [4.78, 5) is 14.3. The minimum absolute atomic E-state index is 0.646. The van der Waals surface area contributed by atoms with Crippen molar-refractivity contribution in [1.29, 1.82) is 0 Å². The van der Waals surface area contributed by atoms with E-state index >= 15 is 0 Å². The molecular formula is C10H8FNO2. The third-order valence-corrected chi connectivity index (χ3v) is 2.14. The summed E-state index contributed by atoms with van der Waals surface area (Å²) < 4.78 is 13.0. The SMILES string of the molecule is Cc1cc2ccccc2n1C(=O)OF. The fraction of sp³-hybridized carbons (Fsp3) is 0.100. The summed E-state index contributed by atoms with van der Waals surface area (Å²) >= 11 is 0. The normalized spacial score (nSPS) is 10.4. The van der Waals surface area contributed by atoms with Gasteiger partial charge < -0.3 is 0 Å². The van der Waals surface area contributed by atoms with Gasteiger partial charge in [-0.1, -0.05) is 18.2 Å². The van der Waals surface area contributed by atoms with E-state index < -0.39 is 6.09 Å². The molecule has 0 radical (unpaired) electrons. The minimum Gasteiger partial charge on any atom is -0.247 e. The number of halogens is 1. The van der Waals surface area contributed by atoms with Crippen molar-refractivity contribution in [3.05, 3.63) is 36.0 Å². The number of carbonyl (C=O) groups excluding carboxylic acids is 1. The topological polar surface area (TPSA) is 31.2 Å². The molecule has 1 aromatic carbocycles. The molecule has 2 aromatic rings. The number of benzene rings is 1. The molecule has 0 aliphatic carbocycles. The zero-order chi connectivity index (χ0) is 10.1. The molecule has 0 aliphatic heterocycles. The molecule has 14 heavy (non-hydrogen) atoms. The van der Waals surface area contributed by atoms with E-state index in [9.17, 15) is 9.32 Å². The van der Waals surface area contributed by atoms with E-state index in [1.165, 1.54) is 4.57 Å². The number of carbonyl (C=O) groups is 1. The number of aromatic nitrogens is 1. The lowest BCUT2D eigenvalue weighted by molar-refractivity contribution is -0.0613. The Balaban J connectivity index is 2.74. The van der Waals surface area contributed by atoms with Gasteiger partial charge in [-0.25, -0.2) is 14.3 Å². The van der Waals surface area contributed by atoms with E-state index in [0.29, 0.717) is 11.2 Å². The summed E-state index contributed by atoms with van der Waals surface area (Å²) in [5.74, 6) is 0. The second-order valence-corrected chi connectivity index (χ2v) is 3.02. The van der Waals surface area contributed by atoms with Crippen LogP contribution >= 0.6 is 0 Å². The number of hydrogen-bond acceptors (Lipinski definition) is 2. The molecule has 0 amide bonds. The molecule has 0 aliphatic rings. The average molecular weight is 193 g/mol. The minimum atomic E-state index is -1.01. The fourth-order valence-corrected chi connectivity index (χ4v) is 1.57. The molecule has 4 heteroatoms. The third kappa shape index (κ3) is 1.16. The van der Waals surface area contributed by atoms with Crippen LogP contribution in [0.3, 0.4) is 0 Å². The van der Waals surface area contributed by atoms with Crippen molar-refractivity contribution in [2.75, 3.05) is 0 Å². The van der Waals surface area contributed by atoms with E-state index in [-0.39, 0.29) is 0 Å². The van der Waals surface area contributed by atoms with Gasteiger partial charge in [-0.15, -0.1) is 0 Å². The number of rotatable bonds is 0. The maximum Gasteiger partial charge on any atom is 0.455 e. The van der Waals surface area contributed by atoms with Crippen molar-refractivity contribution in [3.63, 3.8) is 0 Å². The number of para-hydroxylation sites is 1. The molecule has 0 N–H and O–H groups in total. The highest BCUT2D eigenvalue weighted by Gasteiger charge is 2.13. The van der Waals surface area contributed by atoms with Crippen LogP contribution < -0.4 is 0 Å². The molecule has 0 spiro atoms. The Labute approximate surface area is 79.6 Å². The van der Waals surface area contributed by atoms with Gasteiger partial charge >= 0.3 is 6.09 Å². The summed E-state index contributed by atoms with van der Waals surface area (Å²) in [5, 5.41) is 0.885. The second kappa shape index (κ2) is 3.14. The van der Waals surface area contributed by atoms with Crippen LogP contribution in [0.1, 0.15) is 5.69 Å². The fourth-order valence-electron chi connectivity index (χ4n) is 1.57. The zero-order valence-electron chi connectivity index (χ0n) is 7.53. The highest BCUT2D eigenvalue weighted by Crippen LogP contribution is 2.19. The highest BCUT2D eigenvalue weighted by atomic mass is 19.3. The third-order valence-electron chi connectivity index (χ3n) is 2.14. The number of nitrogens with zero attached hydrogens (tertiary/aromatic N) is 1. The van der Waals surface area contributed by atoms with Crippen LogP contribution in [-0.2, 0) is 4.94 Å². The molecule has 0 atom stereocenters. The summed E-state index contributed by atoms with van der Waals surface area (Å²) in [5.41, 5.74) is 1.29. The molecule has 2 rings (SSSR count). The molecular weight excluding hydrogens is 185 g/mol. The monoisotopic (exact) mass is 193 g/mol. The molecule has 0 fully saturated rings. The lowest BCUT2D eigenvalue weighted by Gasteiger charge is -2.00. The van der Waals surface area contributed by atoms with Gasteiger partial charge in [-0.3, -0.25) is 0 Å². The van der Waals surface area contributed by atoms with E-state index in [4.69, 9.17) is 0 Å². The smallest absolute Gasteiger partial charge is 0.247 e.